The van der Waals surface area contributed by atoms with Gasteiger partial charge in [0.15, 0.2) is 0 Å². The van der Waals surface area contributed by atoms with Crippen LogP contribution in [0.4, 0.5) is 0 Å². The van der Waals surface area contributed by atoms with Gasteiger partial charge in [0.1, 0.15) is 11.5 Å². The van der Waals surface area contributed by atoms with Crippen molar-refractivity contribution in [2.75, 3.05) is 0 Å². The molecule has 0 fully saturated rings. The predicted molar refractivity (Wildman–Crippen MR) is 124 cm³/mol. The number of hydrogen-bond acceptors (Lipinski definition) is 1. The molecule has 1 nitrogen and oxygen atoms in total. The first kappa shape index (κ1) is 21.4. The Morgan fingerprint density at radius 2 is 0.696 bits per heavy atom. The highest BCUT2D eigenvalue weighted by Gasteiger charge is 2.23. The number of hydrogen-bond donors (Lipinski definition) is 0. The maximum atomic E-state index is 6.28. The van der Waals surface area contributed by atoms with E-state index in [1.165, 1.54) is 0 Å². The molecule has 0 bridgehead atoms. The van der Waals surface area contributed by atoms with Crippen LogP contribution in [0.5, 0.6) is 11.5 Å². The van der Waals surface area contributed by atoms with E-state index < -0.39 is 0 Å². The summed E-state index contributed by atoms with van der Waals surface area (Å²) in [5.74, 6) is 1.47. The summed E-state index contributed by atoms with van der Waals surface area (Å²) in [6, 6.07) is 0. The van der Waals surface area contributed by atoms with Crippen molar-refractivity contribution in [3.63, 3.8) is 0 Å². The second kappa shape index (κ2) is 8.40. The molecule has 0 spiro atoms. The smallest absolute Gasteiger partial charge is 0.146 e. The molecule has 2 aromatic rings. The van der Waals surface area contributed by atoms with E-state index in [1.54, 1.807) is 0 Å². The third kappa shape index (κ3) is 4.01. The van der Waals surface area contributed by atoms with Crippen molar-refractivity contribution in [1.29, 1.82) is 0 Å². The van der Waals surface area contributed by atoms with Gasteiger partial charge in [0, 0.05) is 29.0 Å². The lowest BCUT2D eigenvalue weighted by Crippen LogP contribution is -1.97. The van der Waals surface area contributed by atoms with Crippen molar-refractivity contribution in [1.82, 2.24) is 0 Å². The van der Waals surface area contributed by atoms with Gasteiger partial charge in [-0.15, -0.1) is 0 Å². The van der Waals surface area contributed by atoms with E-state index in [2.05, 4.69) is 127 Å². The van der Waals surface area contributed by atoms with Gasteiger partial charge in [-0.05, 0) is 141 Å². The van der Waals surface area contributed by atoms with Crippen molar-refractivity contribution in [3.05, 3.63) is 46.9 Å². The number of benzene rings is 2. The second-order valence-corrected chi connectivity index (χ2v) is 10.9. The minimum Gasteiger partial charge on any atom is -0.454 e. The first-order valence-corrected chi connectivity index (χ1v) is 12.3. The van der Waals surface area contributed by atoms with Crippen molar-refractivity contribution in [2.45, 2.75) is 13.8 Å². The summed E-state index contributed by atoms with van der Waals surface area (Å²) in [6.07, 6.45) is 0. The van der Waals surface area contributed by atoms with Gasteiger partial charge < -0.3 is 4.74 Å². The zero-order valence-corrected chi connectivity index (χ0v) is 24.1. The van der Waals surface area contributed by atoms with Crippen LogP contribution in [0.15, 0.2) is 35.8 Å². The molecule has 0 atom stereocenters. The lowest BCUT2D eigenvalue weighted by Gasteiger charge is -2.19. The van der Waals surface area contributed by atoms with Crippen LogP contribution in [-0.2, 0) is 0 Å². The maximum Gasteiger partial charge on any atom is 0.146 e. The topological polar surface area (TPSA) is 9.23 Å². The number of rotatable bonds is 2. The summed E-state index contributed by atoms with van der Waals surface area (Å²) in [7, 11) is 0. The fraction of sp³-hybridized carbons (Fsp3) is 0.143. The molecule has 0 aliphatic rings. The van der Waals surface area contributed by atoms with E-state index in [4.69, 9.17) is 4.74 Å². The Hall–Kier alpha value is 2.08. The quantitative estimate of drug-likeness (QED) is 0.217. The molecule has 124 valence electrons. The third-order valence-electron chi connectivity index (χ3n) is 3.10. The summed E-state index contributed by atoms with van der Waals surface area (Å²) >= 11 is 28.6. The van der Waals surface area contributed by atoms with Crippen LogP contribution < -0.4 is 4.74 Å². The van der Waals surface area contributed by atoms with E-state index in [0.29, 0.717) is 0 Å². The molecule has 0 radical (unpaired) electrons. The highest BCUT2D eigenvalue weighted by Crippen LogP contribution is 2.51. The molecule has 23 heavy (non-hydrogen) atoms. The molecule has 0 unspecified atom stereocenters. The summed E-state index contributed by atoms with van der Waals surface area (Å²) < 4.78 is 13.5. The van der Waals surface area contributed by atoms with Gasteiger partial charge in [-0.2, -0.15) is 0 Å². The molecule has 2 aromatic carbocycles. The van der Waals surface area contributed by atoms with Crippen LogP contribution in [0.3, 0.4) is 0 Å². The van der Waals surface area contributed by atoms with E-state index in [9.17, 15) is 0 Å². The van der Waals surface area contributed by atoms with Gasteiger partial charge in [-0.25, -0.2) is 0 Å². The molecule has 0 heterocycles. The van der Waals surface area contributed by atoms with Crippen molar-refractivity contribution in [3.8, 4) is 11.5 Å². The Balaban J connectivity index is 2.71. The minimum atomic E-state index is 0.733. The number of ether oxygens (including phenoxy) is 1. The van der Waals surface area contributed by atoms with E-state index in [0.717, 1.165) is 58.4 Å². The summed E-state index contributed by atoms with van der Waals surface area (Å²) in [6.45, 7) is 3.99. The minimum absolute atomic E-state index is 0.733. The fourth-order valence-corrected chi connectivity index (χ4v) is 6.51. The second-order valence-electron chi connectivity index (χ2n) is 4.52. The molecule has 0 saturated carbocycles. The van der Waals surface area contributed by atoms with Crippen LogP contribution in [0.25, 0.3) is 0 Å². The predicted octanol–water partition coefficient (Wildman–Crippen LogP) is 10.2. The Labute approximate surface area is 201 Å². The molecule has 9 heteroatoms. The van der Waals surface area contributed by atoms with Gasteiger partial charge >= 0.3 is 0 Å². The molecule has 0 aliphatic carbocycles. The largest absolute Gasteiger partial charge is 0.454 e. The number of halogens is 8. The lowest BCUT2D eigenvalue weighted by molar-refractivity contribution is 0.467. The first-order valence-electron chi connectivity index (χ1n) is 5.92. The standard InChI is InChI=1S/C14H6Br8O/c1-3-5(15)7(17)9(19)11(21)13(3)23-14-4(2)6(16)8(18)10(20)12(14)22/h1-2H3. The average molecular weight is 829 g/mol. The van der Waals surface area contributed by atoms with Crippen LogP contribution in [0, 0.1) is 13.8 Å². The van der Waals surface area contributed by atoms with Gasteiger partial charge in [-0.3, -0.25) is 0 Å². The molecular weight excluding hydrogens is 823 g/mol. The van der Waals surface area contributed by atoms with Crippen LogP contribution in [-0.4, -0.2) is 0 Å². The molecule has 0 amide bonds. The van der Waals surface area contributed by atoms with E-state index in [-0.39, 0.29) is 0 Å². The molecule has 0 aliphatic heterocycles. The Kier molecular flexibility index (Phi) is 7.81. The molecule has 2 rings (SSSR count). The van der Waals surface area contributed by atoms with Crippen molar-refractivity contribution < 1.29 is 4.74 Å². The first-order chi connectivity index (χ1) is 10.6. The SMILES string of the molecule is Cc1c(Br)c(Br)c(Br)c(Br)c1Oc1c(C)c(Br)c(Br)c(Br)c1Br. The Morgan fingerprint density at radius 1 is 0.435 bits per heavy atom. The fourth-order valence-electron chi connectivity index (χ4n) is 1.79. The van der Waals surface area contributed by atoms with Gasteiger partial charge in [-0.1, -0.05) is 0 Å². The lowest BCUT2D eigenvalue weighted by atomic mass is 10.2. The average Bonchev–Trinajstić information content (AvgIpc) is 2.54. The monoisotopic (exact) mass is 821 g/mol. The molecule has 0 aromatic heterocycles. The highest BCUT2D eigenvalue weighted by molar-refractivity contribution is 9.15. The zero-order chi connectivity index (χ0) is 17.6. The highest BCUT2D eigenvalue weighted by atomic mass is 79.9. The third-order valence-corrected chi connectivity index (χ3v) is 13.0. The van der Waals surface area contributed by atoms with Crippen LogP contribution in [0.1, 0.15) is 11.1 Å². The maximum absolute atomic E-state index is 6.28. The summed E-state index contributed by atoms with van der Waals surface area (Å²) in [5.41, 5.74) is 1.96. The summed E-state index contributed by atoms with van der Waals surface area (Å²) in [4.78, 5) is 0. The van der Waals surface area contributed by atoms with E-state index >= 15 is 0 Å². The van der Waals surface area contributed by atoms with E-state index in [1.807, 2.05) is 13.8 Å². The summed E-state index contributed by atoms with van der Waals surface area (Å²) in [5, 5.41) is 0. The molecule has 0 saturated heterocycles. The van der Waals surface area contributed by atoms with Crippen LogP contribution >= 0.6 is 127 Å². The van der Waals surface area contributed by atoms with Gasteiger partial charge in [0.2, 0.25) is 0 Å². The van der Waals surface area contributed by atoms with Crippen molar-refractivity contribution in [2.24, 2.45) is 0 Å². The Bertz CT molecular complexity index is 690. The van der Waals surface area contributed by atoms with Gasteiger partial charge in [0.05, 0.1) is 17.9 Å². The van der Waals surface area contributed by atoms with Crippen molar-refractivity contribution >= 4 is 127 Å². The van der Waals surface area contributed by atoms with Crippen LogP contribution in [0.2, 0.25) is 0 Å². The normalized spacial score (nSPS) is 11.0. The zero-order valence-electron chi connectivity index (χ0n) is 11.4. The molecular formula is C14H6Br8O. The Morgan fingerprint density at radius 3 is 1.00 bits per heavy atom. The molecule has 0 N–H and O–H groups in total. The van der Waals surface area contributed by atoms with Gasteiger partial charge in [0.25, 0.3) is 0 Å².